The molecule has 2 atom stereocenters. The lowest BCUT2D eigenvalue weighted by atomic mass is 10.1. The molecule has 25 heavy (non-hydrogen) atoms. The Morgan fingerprint density at radius 1 is 1.28 bits per heavy atom. The number of hydrogen-bond acceptors (Lipinski definition) is 4. The van der Waals surface area contributed by atoms with Crippen LogP contribution in [0.3, 0.4) is 0 Å². The van der Waals surface area contributed by atoms with Gasteiger partial charge in [0.05, 0.1) is 40.3 Å². The van der Waals surface area contributed by atoms with E-state index in [-0.39, 0.29) is 5.25 Å². The number of hydrogen-bond donors (Lipinski definition) is 0. The first-order valence-electron chi connectivity index (χ1n) is 8.23. The number of ether oxygens (including phenoxy) is 2. The molecule has 2 unspecified atom stereocenters. The second kappa shape index (κ2) is 8.23. The normalized spacial score (nSPS) is 19.4. The molecule has 0 amide bonds. The van der Waals surface area contributed by atoms with Gasteiger partial charge in [-0.05, 0) is 36.8 Å². The number of rotatable bonds is 6. The minimum Gasteiger partial charge on any atom is -0.497 e. The molecule has 0 bridgehead atoms. The lowest BCUT2D eigenvalue weighted by Gasteiger charge is -2.33. The summed E-state index contributed by atoms with van der Waals surface area (Å²) in [5.41, 5.74) is 1.97. The average Bonchev–Trinajstić information content (AvgIpc) is 2.65. The standard InChI is InChI=1S/C19H22BrNO3S/c1-21-13-19(25(22)18-7-4-3-6-16(18)21)15-12-14(23-2)8-9-17(15)24-11-5-10-20/h3-4,6-9,12,19H,5,10-11,13H2,1-2H3. The number of methoxy groups -OCH3 is 1. The van der Waals surface area contributed by atoms with Crippen LogP contribution in [-0.4, -0.2) is 36.8 Å². The Kier molecular flexibility index (Phi) is 6.02. The molecule has 6 heteroatoms. The number of alkyl halides is 1. The van der Waals surface area contributed by atoms with Gasteiger partial charge in [-0.15, -0.1) is 0 Å². The Balaban J connectivity index is 1.98. The van der Waals surface area contributed by atoms with Crippen molar-refractivity contribution in [3.63, 3.8) is 0 Å². The van der Waals surface area contributed by atoms with E-state index in [1.165, 1.54) is 0 Å². The Hall–Kier alpha value is -1.53. The Bertz CT molecular complexity index is 768. The SMILES string of the molecule is COc1ccc(OCCCBr)c(C2CN(C)c3ccccc3S2=O)c1. The largest absolute Gasteiger partial charge is 0.497 e. The van der Waals surface area contributed by atoms with Crippen LogP contribution < -0.4 is 14.4 Å². The first-order valence-corrected chi connectivity index (χ1v) is 10.6. The van der Waals surface area contributed by atoms with E-state index >= 15 is 0 Å². The molecule has 3 rings (SSSR count). The highest BCUT2D eigenvalue weighted by molar-refractivity contribution is 9.09. The highest BCUT2D eigenvalue weighted by Gasteiger charge is 2.32. The lowest BCUT2D eigenvalue weighted by molar-refractivity contribution is 0.314. The zero-order valence-electron chi connectivity index (χ0n) is 14.4. The van der Waals surface area contributed by atoms with Gasteiger partial charge in [-0.25, -0.2) is 0 Å². The number of nitrogens with zero attached hydrogens (tertiary/aromatic N) is 1. The maximum atomic E-state index is 13.2. The summed E-state index contributed by atoms with van der Waals surface area (Å²) in [7, 11) is 2.54. The van der Waals surface area contributed by atoms with Gasteiger partial charge in [0, 0.05) is 24.5 Å². The van der Waals surface area contributed by atoms with Crippen molar-refractivity contribution in [3.05, 3.63) is 48.0 Å². The van der Waals surface area contributed by atoms with Crippen LogP contribution in [-0.2, 0) is 10.8 Å². The third-order valence-corrected chi connectivity index (χ3v) is 6.55. The molecule has 0 aromatic heterocycles. The molecule has 0 N–H and O–H groups in total. The van der Waals surface area contributed by atoms with Gasteiger partial charge in [0.15, 0.2) is 0 Å². The van der Waals surface area contributed by atoms with Crippen LogP contribution in [0.2, 0.25) is 0 Å². The highest BCUT2D eigenvalue weighted by Crippen LogP contribution is 2.41. The second-order valence-corrected chi connectivity index (χ2v) is 8.33. The molecular weight excluding hydrogens is 402 g/mol. The predicted molar refractivity (Wildman–Crippen MR) is 106 cm³/mol. The average molecular weight is 424 g/mol. The molecular formula is C19H22BrNO3S. The summed E-state index contributed by atoms with van der Waals surface area (Å²) in [6.07, 6.45) is 0.919. The van der Waals surface area contributed by atoms with E-state index in [0.717, 1.165) is 39.4 Å². The monoisotopic (exact) mass is 423 g/mol. The lowest BCUT2D eigenvalue weighted by Crippen LogP contribution is -2.32. The highest BCUT2D eigenvalue weighted by atomic mass is 79.9. The number of para-hydroxylation sites is 1. The van der Waals surface area contributed by atoms with Crippen LogP contribution in [0.25, 0.3) is 0 Å². The Morgan fingerprint density at radius 3 is 2.84 bits per heavy atom. The summed E-state index contributed by atoms with van der Waals surface area (Å²) in [6, 6.07) is 13.6. The molecule has 0 spiro atoms. The minimum atomic E-state index is -1.14. The van der Waals surface area contributed by atoms with Crippen molar-refractivity contribution in [1.82, 2.24) is 0 Å². The summed E-state index contributed by atoms with van der Waals surface area (Å²) < 4.78 is 24.6. The van der Waals surface area contributed by atoms with E-state index in [4.69, 9.17) is 9.47 Å². The van der Waals surface area contributed by atoms with Crippen molar-refractivity contribution >= 4 is 32.4 Å². The van der Waals surface area contributed by atoms with Gasteiger partial charge >= 0.3 is 0 Å². The third kappa shape index (κ3) is 3.85. The molecule has 134 valence electrons. The molecule has 0 radical (unpaired) electrons. The summed E-state index contributed by atoms with van der Waals surface area (Å²) >= 11 is 3.42. The van der Waals surface area contributed by atoms with Crippen LogP contribution in [0.5, 0.6) is 11.5 Å². The topological polar surface area (TPSA) is 38.8 Å². The molecule has 4 nitrogen and oxygen atoms in total. The Labute approximate surface area is 159 Å². The molecule has 0 aliphatic carbocycles. The predicted octanol–water partition coefficient (Wildman–Crippen LogP) is 4.16. The van der Waals surface area contributed by atoms with E-state index in [1.54, 1.807) is 7.11 Å². The van der Waals surface area contributed by atoms with E-state index in [0.29, 0.717) is 13.2 Å². The molecule has 0 saturated heterocycles. The molecule has 1 heterocycles. The smallest absolute Gasteiger partial charge is 0.124 e. The van der Waals surface area contributed by atoms with Crippen molar-refractivity contribution in [3.8, 4) is 11.5 Å². The first-order chi connectivity index (χ1) is 12.2. The number of likely N-dealkylation sites (N-methyl/N-ethyl adjacent to an activating group) is 1. The van der Waals surface area contributed by atoms with E-state index in [2.05, 4.69) is 20.8 Å². The maximum Gasteiger partial charge on any atom is 0.124 e. The zero-order chi connectivity index (χ0) is 17.8. The molecule has 2 aromatic carbocycles. The van der Waals surface area contributed by atoms with Gasteiger partial charge in [0.1, 0.15) is 11.5 Å². The quantitative estimate of drug-likeness (QED) is 0.516. The van der Waals surface area contributed by atoms with Crippen molar-refractivity contribution in [2.75, 3.05) is 37.5 Å². The summed E-state index contributed by atoms with van der Waals surface area (Å²) in [4.78, 5) is 3.03. The fourth-order valence-electron chi connectivity index (χ4n) is 3.00. The van der Waals surface area contributed by atoms with Crippen LogP contribution in [0, 0.1) is 0 Å². The van der Waals surface area contributed by atoms with E-state index in [1.807, 2.05) is 49.5 Å². The second-order valence-electron chi connectivity index (χ2n) is 5.93. The summed E-state index contributed by atoms with van der Waals surface area (Å²) in [6.45, 7) is 1.29. The third-order valence-electron chi connectivity index (χ3n) is 4.29. The molecule has 0 fully saturated rings. The molecule has 2 aromatic rings. The van der Waals surface area contributed by atoms with Crippen molar-refractivity contribution < 1.29 is 13.7 Å². The van der Waals surface area contributed by atoms with Gasteiger partial charge in [-0.1, -0.05) is 28.1 Å². The van der Waals surface area contributed by atoms with Crippen molar-refractivity contribution in [2.24, 2.45) is 0 Å². The summed E-state index contributed by atoms with van der Waals surface area (Å²) in [5.74, 6) is 1.54. The van der Waals surface area contributed by atoms with Gasteiger partial charge in [0.2, 0.25) is 0 Å². The molecule has 1 aliphatic rings. The fourth-order valence-corrected chi connectivity index (χ4v) is 4.95. The molecule has 0 saturated carbocycles. The fraction of sp³-hybridized carbons (Fsp3) is 0.368. The van der Waals surface area contributed by atoms with Crippen molar-refractivity contribution in [2.45, 2.75) is 16.6 Å². The van der Waals surface area contributed by atoms with Crippen LogP contribution >= 0.6 is 15.9 Å². The van der Waals surface area contributed by atoms with Gasteiger partial charge in [0.25, 0.3) is 0 Å². The van der Waals surface area contributed by atoms with Crippen molar-refractivity contribution in [1.29, 1.82) is 0 Å². The van der Waals surface area contributed by atoms with E-state index < -0.39 is 10.8 Å². The first kappa shape index (κ1) is 18.3. The molecule has 1 aliphatic heterocycles. The van der Waals surface area contributed by atoms with Crippen LogP contribution in [0.1, 0.15) is 17.2 Å². The summed E-state index contributed by atoms with van der Waals surface area (Å²) in [5, 5.41) is 0.734. The van der Waals surface area contributed by atoms with Gasteiger partial charge in [-0.3, -0.25) is 4.21 Å². The number of fused-ring (bicyclic) bond motifs is 1. The number of benzene rings is 2. The van der Waals surface area contributed by atoms with Crippen LogP contribution in [0.4, 0.5) is 5.69 Å². The van der Waals surface area contributed by atoms with Crippen LogP contribution in [0.15, 0.2) is 47.4 Å². The van der Waals surface area contributed by atoms with Gasteiger partial charge in [-0.2, -0.15) is 0 Å². The maximum absolute atomic E-state index is 13.2. The Morgan fingerprint density at radius 2 is 2.08 bits per heavy atom. The van der Waals surface area contributed by atoms with E-state index in [9.17, 15) is 4.21 Å². The number of halogens is 1. The zero-order valence-corrected chi connectivity index (χ0v) is 16.8. The number of anilines is 1. The minimum absolute atomic E-state index is 0.158. The van der Waals surface area contributed by atoms with Gasteiger partial charge < -0.3 is 14.4 Å².